The van der Waals surface area contributed by atoms with Gasteiger partial charge in [0.15, 0.2) is 5.78 Å². The van der Waals surface area contributed by atoms with E-state index < -0.39 is 5.82 Å². The maximum Gasteiger partial charge on any atom is 0.254 e. The van der Waals surface area contributed by atoms with Crippen molar-refractivity contribution >= 4 is 11.7 Å². The van der Waals surface area contributed by atoms with Gasteiger partial charge in [-0.15, -0.1) is 0 Å². The van der Waals surface area contributed by atoms with Gasteiger partial charge in [0.1, 0.15) is 17.7 Å². The standard InChI is InChI=1S/C24H19F2NO3/c25-18-9-5-16(6-10-18)22-15-27(13-14-30-22)24(29)21-4-2-1-3-20(21)23(28)17-7-11-19(26)12-8-17/h1-12,22H,13-15H2/t22-/m0/s1. The molecule has 30 heavy (non-hydrogen) atoms. The number of benzene rings is 3. The Bertz CT molecular complexity index is 1060. The van der Waals surface area contributed by atoms with E-state index in [0.717, 1.165) is 5.56 Å². The highest BCUT2D eigenvalue weighted by molar-refractivity contribution is 6.15. The molecule has 6 heteroatoms. The first-order valence-corrected chi connectivity index (χ1v) is 9.58. The van der Waals surface area contributed by atoms with Gasteiger partial charge in [-0.3, -0.25) is 9.59 Å². The van der Waals surface area contributed by atoms with Gasteiger partial charge in [-0.25, -0.2) is 8.78 Å². The quantitative estimate of drug-likeness (QED) is 0.602. The molecular formula is C24H19F2NO3. The van der Waals surface area contributed by atoms with Crippen LogP contribution >= 0.6 is 0 Å². The molecule has 4 rings (SSSR count). The third-order valence-electron chi connectivity index (χ3n) is 5.10. The molecule has 0 unspecified atom stereocenters. The molecule has 1 aliphatic heterocycles. The molecule has 0 radical (unpaired) electrons. The number of hydrogen-bond acceptors (Lipinski definition) is 3. The summed E-state index contributed by atoms with van der Waals surface area (Å²) in [5.41, 5.74) is 1.64. The molecular weight excluding hydrogens is 388 g/mol. The van der Waals surface area contributed by atoms with Crippen molar-refractivity contribution in [3.05, 3.63) is 107 Å². The molecule has 0 spiro atoms. The molecule has 152 valence electrons. The van der Waals surface area contributed by atoms with E-state index in [1.807, 2.05) is 0 Å². The molecule has 1 heterocycles. The predicted molar refractivity (Wildman–Crippen MR) is 107 cm³/mol. The minimum absolute atomic E-state index is 0.263. The van der Waals surface area contributed by atoms with E-state index in [9.17, 15) is 18.4 Å². The van der Waals surface area contributed by atoms with E-state index in [2.05, 4.69) is 0 Å². The molecule has 1 fully saturated rings. The van der Waals surface area contributed by atoms with Crippen molar-refractivity contribution in [3.8, 4) is 0 Å². The highest BCUT2D eigenvalue weighted by Gasteiger charge is 2.28. The summed E-state index contributed by atoms with van der Waals surface area (Å²) in [7, 11) is 0. The number of nitrogens with zero attached hydrogens (tertiary/aromatic N) is 1. The minimum Gasteiger partial charge on any atom is -0.370 e. The van der Waals surface area contributed by atoms with Crippen molar-refractivity contribution in [3.63, 3.8) is 0 Å². The van der Waals surface area contributed by atoms with Crippen molar-refractivity contribution < 1.29 is 23.1 Å². The van der Waals surface area contributed by atoms with Gasteiger partial charge in [0.2, 0.25) is 0 Å². The molecule has 1 saturated heterocycles. The van der Waals surface area contributed by atoms with Gasteiger partial charge in [-0.1, -0.05) is 30.3 Å². The Balaban J connectivity index is 1.58. The largest absolute Gasteiger partial charge is 0.370 e. The fraction of sp³-hybridized carbons (Fsp3) is 0.167. The monoisotopic (exact) mass is 407 g/mol. The van der Waals surface area contributed by atoms with Crippen molar-refractivity contribution in [2.24, 2.45) is 0 Å². The summed E-state index contributed by atoms with van der Waals surface area (Å²) in [5, 5.41) is 0. The lowest BCUT2D eigenvalue weighted by atomic mass is 9.97. The topological polar surface area (TPSA) is 46.6 Å². The maximum atomic E-state index is 13.2. The van der Waals surface area contributed by atoms with Crippen molar-refractivity contribution in [1.82, 2.24) is 4.90 Å². The van der Waals surface area contributed by atoms with Crippen LogP contribution in [0.2, 0.25) is 0 Å². The van der Waals surface area contributed by atoms with Crippen LogP contribution in [0.3, 0.4) is 0 Å². The highest BCUT2D eigenvalue weighted by Crippen LogP contribution is 2.25. The second-order valence-electron chi connectivity index (χ2n) is 7.04. The smallest absolute Gasteiger partial charge is 0.254 e. The van der Waals surface area contributed by atoms with Crippen LogP contribution in [0.15, 0.2) is 72.8 Å². The number of hydrogen-bond donors (Lipinski definition) is 0. The van der Waals surface area contributed by atoms with Crippen LogP contribution in [0.1, 0.15) is 37.9 Å². The van der Waals surface area contributed by atoms with Crippen molar-refractivity contribution in [1.29, 1.82) is 0 Å². The average Bonchev–Trinajstić information content (AvgIpc) is 2.79. The number of ketones is 1. The third-order valence-corrected chi connectivity index (χ3v) is 5.10. The molecule has 0 aromatic heterocycles. The van der Waals surface area contributed by atoms with Gasteiger partial charge in [-0.05, 0) is 48.0 Å². The summed E-state index contributed by atoms with van der Waals surface area (Å²) in [4.78, 5) is 27.8. The van der Waals surface area contributed by atoms with Gasteiger partial charge < -0.3 is 9.64 Å². The summed E-state index contributed by atoms with van der Waals surface area (Å²) in [6.07, 6.45) is -0.372. The zero-order valence-corrected chi connectivity index (χ0v) is 16.1. The van der Waals surface area contributed by atoms with Crippen LogP contribution in [0.25, 0.3) is 0 Å². The molecule has 3 aromatic rings. The number of carbonyl (C=O) groups is 2. The van der Waals surface area contributed by atoms with Crippen LogP contribution in [-0.2, 0) is 4.74 Å². The molecule has 3 aromatic carbocycles. The van der Waals surface area contributed by atoms with Gasteiger partial charge in [-0.2, -0.15) is 0 Å². The molecule has 0 N–H and O–H groups in total. The van der Waals surface area contributed by atoms with E-state index in [0.29, 0.717) is 25.3 Å². The molecule has 0 bridgehead atoms. The van der Waals surface area contributed by atoms with Crippen molar-refractivity contribution in [2.45, 2.75) is 6.10 Å². The summed E-state index contributed by atoms with van der Waals surface area (Å²) >= 11 is 0. The summed E-state index contributed by atoms with van der Waals surface area (Å²) in [6, 6.07) is 17.8. The predicted octanol–water partition coefficient (Wildman–Crippen LogP) is 4.41. The fourth-order valence-electron chi connectivity index (χ4n) is 3.51. The Morgan fingerprint density at radius 2 is 1.43 bits per heavy atom. The number of halogens is 2. The van der Waals surface area contributed by atoms with Crippen LogP contribution in [0.5, 0.6) is 0 Å². The molecule has 1 atom stereocenters. The summed E-state index contributed by atoms with van der Waals surface area (Å²) < 4.78 is 32.2. The van der Waals surface area contributed by atoms with Gasteiger partial charge >= 0.3 is 0 Å². The first kappa shape index (κ1) is 19.9. The van der Waals surface area contributed by atoms with Crippen molar-refractivity contribution in [2.75, 3.05) is 19.7 Å². The first-order chi connectivity index (χ1) is 14.5. The lowest BCUT2D eigenvalue weighted by Crippen LogP contribution is -2.42. The molecule has 1 aliphatic rings. The minimum atomic E-state index is -0.434. The molecule has 0 aliphatic carbocycles. The highest BCUT2D eigenvalue weighted by atomic mass is 19.1. The van der Waals surface area contributed by atoms with Gasteiger partial charge in [0.05, 0.1) is 18.7 Å². The SMILES string of the molecule is O=C(c1ccc(F)cc1)c1ccccc1C(=O)N1CCO[C@H](c2ccc(F)cc2)C1. The maximum absolute atomic E-state index is 13.2. The number of rotatable bonds is 4. The Morgan fingerprint density at radius 3 is 2.10 bits per heavy atom. The Morgan fingerprint density at radius 1 is 0.833 bits per heavy atom. The number of amides is 1. The summed E-state index contributed by atoms with van der Waals surface area (Å²) in [5.74, 6) is -1.40. The average molecular weight is 407 g/mol. The fourth-order valence-corrected chi connectivity index (χ4v) is 3.51. The number of ether oxygens (including phenoxy) is 1. The normalized spacial score (nSPS) is 16.3. The van der Waals surface area contributed by atoms with E-state index in [1.165, 1.54) is 36.4 Å². The van der Waals surface area contributed by atoms with E-state index in [4.69, 9.17) is 4.74 Å². The lowest BCUT2D eigenvalue weighted by molar-refractivity contribution is -0.0228. The molecule has 1 amide bonds. The van der Waals surface area contributed by atoms with Crippen LogP contribution in [-0.4, -0.2) is 36.3 Å². The van der Waals surface area contributed by atoms with Gasteiger partial charge in [0.25, 0.3) is 5.91 Å². The first-order valence-electron chi connectivity index (χ1n) is 9.58. The van der Waals surface area contributed by atoms with Crippen LogP contribution < -0.4 is 0 Å². The second-order valence-corrected chi connectivity index (χ2v) is 7.04. The van der Waals surface area contributed by atoms with E-state index in [-0.39, 0.29) is 34.7 Å². The summed E-state index contributed by atoms with van der Waals surface area (Å²) in [6.45, 7) is 1.01. The van der Waals surface area contributed by atoms with E-state index in [1.54, 1.807) is 41.3 Å². The Hall–Kier alpha value is -3.38. The molecule has 0 saturated carbocycles. The second kappa shape index (κ2) is 8.55. The third kappa shape index (κ3) is 4.14. The Labute approximate surface area is 172 Å². The Kier molecular flexibility index (Phi) is 5.68. The van der Waals surface area contributed by atoms with Crippen LogP contribution in [0, 0.1) is 11.6 Å². The zero-order valence-electron chi connectivity index (χ0n) is 16.1. The number of carbonyl (C=O) groups excluding carboxylic acids is 2. The lowest BCUT2D eigenvalue weighted by Gasteiger charge is -2.33. The van der Waals surface area contributed by atoms with E-state index >= 15 is 0 Å². The van der Waals surface area contributed by atoms with Crippen LogP contribution in [0.4, 0.5) is 8.78 Å². The zero-order chi connectivity index (χ0) is 21.1. The molecule has 4 nitrogen and oxygen atoms in total. The number of morpholine rings is 1. The van der Waals surface area contributed by atoms with Gasteiger partial charge in [0, 0.05) is 17.7 Å².